The van der Waals surface area contributed by atoms with Gasteiger partial charge in [0.25, 0.3) is 0 Å². The molecule has 2 aromatic rings. The second-order valence-electron chi connectivity index (χ2n) is 3.62. The van der Waals surface area contributed by atoms with E-state index in [0.29, 0.717) is 5.82 Å². The SMILES string of the molecule is CC(C)c1c(N)ncnc1-n1ccnc1. The Bertz CT molecular complexity index is 447. The maximum absolute atomic E-state index is 5.84. The first-order valence-electron chi connectivity index (χ1n) is 4.79. The van der Waals surface area contributed by atoms with E-state index in [1.54, 1.807) is 12.5 Å². The second kappa shape index (κ2) is 3.68. The Morgan fingerprint density at radius 3 is 2.73 bits per heavy atom. The number of nitrogens with two attached hydrogens (primary N) is 1. The molecule has 15 heavy (non-hydrogen) atoms. The molecule has 2 aromatic heterocycles. The minimum atomic E-state index is 0.281. The molecule has 0 fully saturated rings. The maximum atomic E-state index is 5.84. The zero-order valence-corrected chi connectivity index (χ0v) is 8.75. The van der Waals surface area contributed by atoms with E-state index >= 15 is 0 Å². The lowest BCUT2D eigenvalue weighted by Crippen LogP contribution is -2.08. The average Bonchev–Trinajstić information content (AvgIpc) is 2.69. The fourth-order valence-electron chi connectivity index (χ4n) is 1.54. The quantitative estimate of drug-likeness (QED) is 0.800. The third kappa shape index (κ3) is 1.68. The van der Waals surface area contributed by atoms with E-state index in [9.17, 15) is 0 Å². The van der Waals surface area contributed by atoms with E-state index in [1.165, 1.54) is 6.33 Å². The molecule has 0 amide bonds. The third-order valence-corrected chi connectivity index (χ3v) is 2.22. The maximum Gasteiger partial charge on any atom is 0.146 e. The van der Waals surface area contributed by atoms with Crippen molar-refractivity contribution in [1.82, 2.24) is 19.5 Å². The van der Waals surface area contributed by atoms with Crippen LogP contribution in [0.3, 0.4) is 0 Å². The molecule has 5 heteroatoms. The molecule has 2 N–H and O–H groups in total. The van der Waals surface area contributed by atoms with Crippen molar-refractivity contribution in [2.75, 3.05) is 5.73 Å². The average molecular weight is 203 g/mol. The van der Waals surface area contributed by atoms with Crippen molar-refractivity contribution in [2.45, 2.75) is 19.8 Å². The van der Waals surface area contributed by atoms with Crippen LogP contribution in [-0.2, 0) is 0 Å². The minimum Gasteiger partial charge on any atom is -0.383 e. The van der Waals surface area contributed by atoms with Crippen molar-refractivity contribution in [3.63, 3.8) is 0 Å². The molecule has 0 atom stereocenters. The van der Waals surface area contributed by atoms with Gasteiger partial charge in [0.2, 0.25) is 0 Å². The fraction of sp³-hybridized carbons (Fsp3) is 0.300. The van der Waals surface area contributed by atoms with Gasteiger partial charge in [-0.25, -0.2) is 15.0 Å². The topological polar surface area (TPSA) is 69.6 Å². The Hall–Kier alpha value is -1.91. The molecule has 0 spiro atoms. The van der Waals surface area contributed by atoms with E-state index in [1.807, 2.05) is 10.8 Å². The highest BCUT2D eigenvalue weighted by atomic mass is 15.1. The molecule has 0 aliphatic rings. The van der Waals surface area contributed by atoms with Gasteiger partial charge < -0.3 is 5.73 Å². The summed E-state index contributed by atoms with van der Waals surface area (Å²) in [4.78, 5) is 12.2. The van der Waals surface area contributed by atoms with Crippen LogP contribution in [0.4, 0.5) is 5.82 Å². The van der Waals surface area contributed by atoms with Crippen molar-refractivity contribution in [1.29, 1.82) is 0 Å². The first kappa shape index (κ1) is 9.64. The van der Waals surface area contributed by atoms with E-state index < -0.39 is 0 Å². The van der Waals surface area contributed by atoms with Crippen molar-refractivity contribution in [2.24, 2.45) is 0 Å². The van der Waals surface area contributed by atoms with Crippen LogP contribution in [-0.4, -0.2) is 19.5 Å². The minimum absolute atomic E-state index is 0.281. The summed E-state index contributed by atoms with van der Waals surface area (Å²) < 4.78 is 1.84. The predicted molar refractivity (Wildman–Crippen MR) is 57.7 cm³/mol. The molecule has 0 aliphatic heterocycles. The highest BCUT2D eigenvalue weighted by molar-refractivity contribution is 5.50. The summed E-state index contributed by atoms with van der Waals surface area (Å²) in [6.07, 6.45) is 6.72. The number of hydrogen-bond donors (Lipinski definition) is 1. The number of anilines is 1. The molecule has 5 nitrogen and oxygen atoms in total. The van der Waals surface area contributed by atoms with Crippen LogP contribution in [0.2, 0.25) is 0 Å². The number of imidazole rings is 1. The van der Waals surface area contributed by atoms with Crippen molar-refractivity contribution < 1.29 is 0 Å². The van der Waals surface area contributed by atoms with Gasteiger partial charge >= 0.3 is 0 Å². The Labute approximate surface area is 88.0 Å². The Kier molecular flexibility index (Phi) is 2.37. The van der Waals surface area contributed by atoms with E-state index in [-0.39, 0.29) is 5.92 Å². The first-order chi connectivity index (χ1) is 7.20. The second-order valence-corrected chi connectivity index (χ2v) is 3.62. The van der Waals surface area contributed by atoms with Crippen molar-refractivity contribution >= 4 is 5.82 Å². The Balaban J connectivity index is 2.61. The van der Waals surface area contributed by atoms with Crippen molar-refractivity contribution in [3.8, 4) is 5.82 Å². The summed E-state index contributed by atoms with van der Waals surface area (Å²) in [5, 5.41) is 0. The smallest absolute Gasteiger partial charge is 0.146 e. The molecule has 0 unspecified atom stereocenters. The number of nitrogen functional groups attached to an aromatic ring is 1. The van der Waals surface area contributed by atoms with Crippen LogP contribution in [0.5, 0.6) is 0 Å². The lowest BCUT2D eigenvalue weighted by Gasteiger charge is -2.13. The summed E-state index contributed by atoms with van der Waals surface area (Å²) in [5.74, 6) is 1.61. The molecule has 0 saturated carbocycles. The number of nitrogens with zero attached hydrogens (tertiary/aromatic N) is 4. The van der Waals surface area contributed by atoms with Crippen molar-refractivity contribution in [3.05, 3.63) is 30.6 Å². The standard InChI is InChI=1S/C10H13N5/c1-7(2)8-9(11)13-5-14-10(8)15-4-3-12-6-15/h3-7H,1-2H3,(H2,11,13,14). The van der Waals surface area contributed by atoms with Gasteiger partial charge in [0, 0.05) is 18.0 Å². The molecule has 2 rings (SSSR count). The monoisotopic (exact) mass is 203 g/mol. The number of rotatable bonds is 2. The Morgan fingerprint density at radius 2 is 2.13 bits per heavy atom. The highest BCUT2D eigenvalue weighted by Gasteiger charge is 2.13. The zero-order valence-electron chi connectivity index (χ0n) is 8.75. The van der Waals surface area contributed by atoms with Gasteiger partial charge in [-0.05, 0) is 5.92 Å². The van der Waals surface area contributed by atoms with Gasteiger partial charge in [-0.1, -0.05) is 13.8 Å². The highest BCUT2D eigenvalue weighted by Crippen LogP contribution is 2.24. The molecule has 78 valence electrons. The van der Waals surface area contributed by atoms with Crippen LogP contribution >= 0.6 is 0 Å². The summed E-state index contributed by atoms with van der Waals surface area (Å²) >= 11 is 0. The van der Waals surface area contributed by atoms with Crippen LogP contribution in [0.1, 0.15) is 25.3 Å². The number of aromatic nitrogens is 4. The van der Waals surface area contributed by atoms with Gasteiger partial charge in [0.05, 0.1) is 0 Å². The van der Waals surface area contributed by atoms with Crippen LogP contribution < -0.4 is 5.73 Å². The molecule has 0 aromatic carbocycles. The third-order valence-electron chi connectivity index (χ3n) is 2.22. The first-order valence-corrected chi connectivity index (χ1v) is 4.79. The van der Waals surface area contributed by atoms with Gasteiger partial charge in [-0.3, -0.25) is 4.57 Å². The predicted octanol–water partition coefficient (Wildman–Crippen LogP) is 1.37. The van der Waals surface area contributed by atoms with E-state index in [2.05, 4.69) is 28.8 Å². The van der Waals surface area contributed by atoms with E-state index in [4.69, 9.17) is 5.73 Å². The summed E-state index contributed by atoms with van der Waals surface area (Å²) in [7, 11) is 0. The molecule has 0 aliphatic carbocycles. The zero-order chi connectivity index (χ0) is 10.8. The normalized spacial score (nSPS) is 10.9. The van der Waals surface area contributed by atoms with E-state index in [0.717, 1.165) is 11.4 Å². The molecular weight excluding hydrogens is 190 g/mol. The summed E-state index contributed by atoms with van der Waals surface area (Å²) in [6, 6.07) is 0. The van der Waals surface area contributed by atoms with Crippen LogP contribution in [0.15, 0.2) is 25.0 Å². The Morgan fingerprint density at radius 1 is 1.33 bits per heavy atom. The van der Waals surface area contributed by atoms with Gasteiger partial charge in [-0.15, -0.1) is 0 Å². The fourth-order valence-corrected chi connectivity index (χ4v) is 1.54. The lowest BCUT2D eigenvalue weighted by molar-refractivity contribution is 0.819. The largest absolute Gasteiger partial charge is 0.383 e. The van der Waals surface area contributed by atoms with Gasteiger partial charge in [0.1, 0.15) is 24.3 Å². The lowest BCUT2D eigenvalue weighted by atomic mass is 10.0. The molecule has 0 bridgehead atoms. The number of hydrogen-bond acceptors (Lipinski definition) is 4. The molecular formula is C10H13N5. The molecule has 2 heterocycles. The van der Waals surface area contributed by atoms with Gasteiger partial charge in [-0.2, -0.15) is 0 Å². The molecule has 0 saturated heterocycles. The van der Waals surface area contributed by atoms with Crippen LogP contribution in [0, 0.1) is 0 Å². The summed E-state index contributed by atoms with van der Waals surface area (Å²) in [5.41, 5.74) is 6.80. The summed E-state index contributed by atoms with van der Waals surface area (Å²) in [6.45, 7) is 4.13. The molecule has 0 radical (unpaired) electrons. The van der Waals surface area contributed by atoms with Gasteiger partial charge in [0.15, 0.2) is 0 Å². The van der Waals surface area contributed by atoms with Crippen LogP contribution in [0.25, 0.3) is 5.82 Å².